The maximum absolute atomic E-state index is 8.80. The van der Waals surface area contributed by atoms with Gasteiger partial charge >= 0.3 is 0 Å². The molecule has 68 valence electrons. The highest BCUT2D eigenvalue weighted by molar-refractivity contribution is 5.10. The van der Waals surface area contributed by atoms with Crippen LogP contribution in [-0.4, -0.2) is 29.6 Å². The Morgan fingerprint density at radius 2 is 2.42 bits per heavy atom. The number of nitrogens with zero attached hydrogens (tertiary/aromatic N) is 2. The van der Waals surface area contributed by atoms with Crippen molar-refractivity contribution in [1.82, 2.24) is 4.90 Å². The van der Waals surface area contributed by atoms with Crippen LogP contribution in [0.4, 0.5) is 0 Å². The molecule has 3 heteroatoms. The van der Waals surface area contributed by atoms with Gasteiger partial charge < -0.3 is 5.73 Å². The molecule has 0 aromatic carbocycles. The first-order chi connectivity index (χ1) is 5.61. The lowest BCUT2D eigenvalue weighted by Crippen LogP contribution is -2.42. The summed E-state index contributed by atoms with van der Waals surface area (Å²) in [5.74, 6) is 0. The van der Waals surface area contributed by atoms with Crippen LogP contribution in [0.5, 0.6) is 0 Å². The van der Waals surface area contributed by atoms with Crippen molar-refractivity contribution >= 4 is 0 Å². The second kappa shape index (κ2) is 3.42. The zero-order valence-electron chi connectivity index (χ0n) is 7.88. The minimum absolute atomic E-state index is 0.559. The third-order valence-corrected chi connectivity index (χ3v) is 2.77. The molecule has 0 bridgehead atoms. The Bertz CT molecular complexity index is 196. The number of likely N-dealkylation sites (tertiary alicyclic amines) is 1. The van der Waals surface area contributed by atoms with E-state index in [1.54, 1.807) is 0 Å². The van der Waals surface area contributed by atoms with E-state index in [4.69, 9.17) is 11.0 Å². The Hall–Kier alpha value is -0.590. The summed E-state index contributed by atoms with van der Waals surface area (Å²) in [4.78, 5) is 2.29. The first kappa shape index (κ1) is 9.50. The lowest BCUT2D eigenvalue weighted by molar-refractivity contribution is 0.244. The lowest BCUT2D eigenvalue weighted by atomic mass is 10.0. The molecule has 3 nitrogen and oxygen atoms in total. The molecular weight excluding hydrogens is 150 g/mol. The SMILES string of the molecule is CCC(C)N1CCC(N)(C#N)C1. The Morgan fingerprint density at radius 1 is 1.75 bits per heavy atom. The number of nitrogens with two attached hydrogens (primary N) is 1. The average molecular weight is 167 g/mol. The van der Waals surface area contributed by atoms with Crippen molar-refractivity contribution in [1.29, 1.82) is 5.26 Å². The number of nitriles is 1. The Labute approximate surface area is 74.1 Å². The predicted octanol–water partition coefficient (Wildman–Crippen LogP) is 0.712. The molecule has 0 saturated carbocycles. The van der Waals surface area contributed by atoms with E-state index in [-0.39, 0.29) is 0 Å². The molecule has 0 spiro atoms. The molecule has 1 saturated heterocycles. The van der Waals surface area contributed by atoms with Crippen LogP contribution in [0.3, 0.4) is 0 Å². The van der Waals surface area contributed by atoms with Gasteiger partial charge in [0.05, 0.1) is 6.07 Å². The van der Waals surface area contributed by atoms with Gasteiger partial charge in [0.25, 0.3) is 0 Å². The molecule has 1 aliphatic rings. The van der Waals surface area contributed by atoms with Gasteiger partial charge in [-0.15, -0.1) is 0 Å². The Balaban J connectivity index is 2.52. The van der Waals surface area contributed by atoms with Gasteiger partial charge in [0, 0.05) is 19.1 Å². The Morgan fingerprint density at radius 3 is 2.83 bits per heavy atom. The molecule has 12 heavy (non-hydrogen) atoms. The summed E-state index contributed by atoms with van der Waals surface area (Å²) in [5, 5.41) is 8.80. The maximum atomic E-state index is 8.80. The van der Waals surface area contributed by atoms with Gasteiger partial charge in [-0.05, 0) is 19.8 Å². The van der Waals surface area contributed by atoms with Crippen molar-refractivity contribution in [2.24, 2.45) is 5.73 Å². The van der Waals surface area contributed by atoms with Crippen LogP contribution in [0.25, 0.3) is 0 Å². The Kier molecular flexibility index (Phi) is 2.71. The van der Waals surface area contributed by atoms with Gasteiger partial charge in [0.15, 0.2) is 0 Å². The summed E-state index contributed by atoms with van der Waals surface area (Å²) in [6.45, 7) is 6.05. The molecule has 2 atom stereocenters. The summed E-state index contributed by atoms with van der Waals surface area (Å²) >= 11 is 0. The van der Waals surface area contributed by atoms with Crippen LogP contribution in [0.2, 0.25) is 0 Å². The fourth-order valence-electron chi connectivity index (χ4n) is 1.59. The van der Waals surface area contributed by atoms with E-state index >= 15 is 0 Å². The van der Waals surface area contributed by atoms with Crippen LogP contribution in [0.1, 0.15) is 26.7 Å². The van der Waals surface area contributed by atoms with E-state index in [9.17, 15) is 0 Å². The standard InChI is InChI=1S/C9H17N3/c1-3-8(2)12-5-4-9(11,6-10)7-12/h8H,3-5,7,11H2,1-2H3. The van der Waals surface area contributed by atoms with Crippen molar-refractivity contribution in [2.75, 3.05) is 13.1 Å². The number of hydrogen-bond acceptors (Lipinski definition) is 3. The minimum Gasteiger partial charge on any atom is -0.312 e. The highest BCUT2D eigenvalue weighted by Gasteiger charge is 2.35. The molecule has 0 aliphatic carbocycles. The van der Waals surface area contributed by atoms with Gasteiger partial charge in [-0.25, -0.2) is 0 Å². The first-order valence-electron chi connectivity index (χ1n) is 4.55. The summed E-state index contributed by atoms with van der Waals surface area (Å²) in [7, 11) is 0. The molecule has 0 aromatic heterocycles. The fraction of sp³-hybridized carbons (Fsp3) is 0.889. The van der Waals surface area contributed by atoms with Crippen molar-refractivity contribution in [2.45, 2.75) is 38.3 Å². The molecule has 0 radical (unpaired) electrons. The van der Waals surface area contributed by atoms with Crippen LogP contribution in [-0.2, 0) is 0 Å². The van der Waals surface area contributed by atoms with Crippen LogP contribution < -0.4 is 5.73 Å². The average Bonchev–Trinajstić information content (AvgIpc) is 2.48. The van der Waals surface area contributed by atoms with Crippen LogP contribution in [0, 0.1) is 11.3 Å². The highest BCUT2D eigenvalue weighted by atomic mass is 15.2. The van der Waals surface area contributed by atoms with E-state index in [1.165, 1.54) is 0 Å². The summed E-state index contributed by atoms with van der Waals surface area (Å²) in [6.07, 6.45) is 1.94. The molecule has 1 heterocycles. The molecule has 2 N–H and O–H groups in total. The molecule has 0 aromatic rings. The highest BCUT2D eigenvalue weighted by Crippen LogP contribution is 2.20. The van der Waals surface area contributed by atoms with E-state index < -0.39 is 5.54 Å². The van der Waals surface area contributed by atoms with Gasteiger partial charge in [-0.2, -0.15) is 5.26 Å². The van der Waals surface area contributed by atoms with Crippen molar-refractivity contribution in [3.05, 3.63) is 0 Å². The lowest BCUT2D eigenvalue weighted by Gasteiger charge is -2.23. The third kappa shape index (κ3) is 1.77. The first-order valence-corrected chi connectivity index (χ1v) is 4.55. The molecule has 2 unspecified atom stereocenters. The maximum Gasteiger partial charge on any atom is 0.118 e. The second-order valence-corrected chi connectivity index (χ2v) is 3.75. The molecule has 1 aliphatic heterocycles. The topological polar surface area (TPSA) is 53.0 Å². The van der Waals surface area contributed by atoms with Crippen LogP contribution in [0.15, 0.2) is 0 Å². The van der Waals surface area contributed by atoms with Gasteiger partial charge in [0.1, 0.15) is 5.54 Å². The zero-order chi connectivity index (χ0) is 9.19. The normalized spacial score (nSPS) is 33.2. The van der Waals surface area contributed by atoms with Crippen molar-refractivity contribution in [3.63, 3.8) is 0 Å². The largest absolute Gasteiger partial charge is 0.312 e. The fourth-order valence-corrected chi connectivity index (χ4v) is 1.59. The molecule has 0 amide bonds. The molecular formula is C9H17N3. The summed E-state index contributed by atoms with van der Waals surface area (Å²) in [6, 6.07) is 2.74. The third-order valence-electron chi connectivity index (χ3n) is 2.77. The van der Waals surface area contributed by atoms with E-state index in [1.807, 2.05) is 0 Å². The zero-order valence-corrected chi connectivity index (χ0v) is 7.88. The number of rotatable bonds is 2. The molecule has 1 fully saturated rings. The van der Waals surface area contributed by atoms with Crippen LogP contribution >= 0.6 is 0 Å². The van der Waals surface area contributed by atoms with Gasteiger partial charge in [-0.3, -0.25) is 4.90 Å². The predicted molar refractivity (Wildman–Crippen MR) is 48.5 cm³/mol. The van der Waals surface area contributed by atoms with Crippen molar-refractivity contribution < 1.29 is 0 Å². The van der Waals surface area contributed by atoms with Gasteiger partial charge in [-0.1, -0.05) is 6.92 Å². The quantitative estimate of drug-likeness (QED) is 0.659. The van der Waals surface area contributed by atoms with Crippen molar-refractivity contribution in [3.8, 4) is 6.07 Å². The summed E-state index contributed by atoms with van der Waals surface area (Å²) in [5.41, 5.74) is 5.26. The molecule has 1 rings (SSSR count). The van der Waals surface area contributed by atoms with E-state index in [0.717, 1.165) is 25.9 Å². The monoisotopic (exact) mass is 167 g/mol. The smallest absolute Gasteiger partial charge is 0.118 e. The summed E-state index contributed by atoms with van der Waals surface area (Å²) < 4.78 is 0. The van der Waals surface area contributed by atoms with E-state index in [0.29, 0.717) is 6.04 Å². The second-order valence-electron chi connectivity index (χ2n) is 3.75. The van der Waals surface area contributed by atoms with E-state index in [2.05, 4.69) is 24.8 Å². The number of hydrogen-bond donors (Lipinski definition) is 1. The minimum atomic E-state index is -0.580. The van der Waals surface area contributed by atoms with Gasteiger partial charge in [0.2, 0.25) is 0 Å².